The van der Waals surface area contributed by atoms with Gasteiger partial charge in [0.25, 0.3) is 0 Å². The van der Waals surface area contributed by atoms with Crippen LogP contribution in [0, 0.1) is 0 Å². The number of anilines is 1. The first-order valence-electron chi connectivity index (χ1n) is 5.60. The normalized spacial score (nSPS) is 26.6. The highest BCUT2D eigenvalue weighted by atomic mass is 16.4. The molecule has 0 aromatic carbocycles. The lowest BCUT2D eigenvalue weighted by Gasteiger charge is -2.27. The minimum atomic E-state index is -1.29. The summed E-state index contributed by atoms with van der Waals surface area (Å²) in [5.74, 6) is -0.0473. The molecule has 1 aromatic rings. The number of nitrogens with one attached hydrogen (secondary N) is 1. The summed E-state index contributed by atoms with van der Waals surface area (Å²) in [5.41, 5.74) is 5.18. The molecule has 2 rings (SSSR count). The minimum absolute atomic E-state index is 0.0473. The Morgan fingerprint density at radius 1 is 1.63 bits per heavy atom. The van der Waals surface area contributed by atoms with Gasteiger partial charge in [-0.15, -0.1) is 0 Å². The van der Waals surface area contributed by atoms with Crippen molar-refractivity contribution in [2.24, 2.45) is 0 Å². The van der Waals surface area contributed by atoms with Crippen LogP contribution in [0.25, 0.3) is 0 Å². The zero-order chi connectivity index (χ0) is 14.2. The van der Waals surface area contributed by atoms with E-state index in [9.17, 15) is 19.8 Å². The second-order valence-electron chi connectivity index (χ2n) is 4.33. The number of likely N-dealkylation sites (tertiary alicyclic amines) is 1. The van der Waals surface area contributed by atoms with E-state index in [1.807, 2.05) is 0 Å². The molecule has 1 aromatic heterocycles. The zero-order valence-electron chi connectivity index (χ0n) is 9.85. The highest BCUT2D eigenvalue weighted by Crippen LogP contribution is 2.37. The molecule has 19 heavy (non-hydrogen) atoms. The Labute approximate surface area is 107 Å². The highest BCUT2D eigenvalue weighted by Gasteiger charge is 2.44. The Balaban J connectivity index is 2.46. The van der Waals surface area contributed by atoms with Crippen LogP contribution < -0.4 is 11.4 Å². The van der Waals surface area contributed by atoms with Gasteiger partial charge in [0, 0.05) is 11.8 Å². The van der Waals surface area contributed by atoms with Crippen LogP contribution >= 0.6 is 0 Å². The van der Waals surface area contributed by atoms with E-state index in [2.05, 4.69) is 9.97 Å². The van der Waals surface area contributed by atoms with Crippen LogP contribution in [-0.2, 0) is 0 Å². The van der Waals surface area contributed by atoms with Gasteiger partial charge in [-0.1, -0.05) is 0 Å². The van der Waals surface area contributed by atoms with E-state index in [1.165, 1.54) is 0 Å². The number of aromatic amines is 1. The largest absolute Gasteiger partial charge is 0.465 e. The lowest BCUT2D eigenvalue weighted by Crippen LogP contribution is -2.39. The summed E-state index contributed by atoms with van der Waals surface area (Å²) >= 11 is 0. The maximum Gasteiger partial charge on any atom is 0.408 e. The fourth-order valence-electron chi connectivity index (χ4n) is 2.38. The van der Waals surface area contributed by atoms with Crippen molar-refractivity contribution in [2.45, 2.75) is 24.6 Å². The predicted octanol–water partition coefficient (Wildman–Crippen LogP) is -1.50. The summed E-state index contributed by atoms with van der Waals surface area (Å²) in [6.07, 6.45) is -1.08. The summed E-state index contributed by atoms with van der Waals surface area (Å²) in [7, 11) is 0. The third-order valence-electron chi connectivity index (χ3n) is 3.19. The average Bonchev–Trinajstić information content (AvgIpc) is 2.66. The molecule has 0 spiro atoms. The summed E-state index contributed by atoms with van der Waals surface area (Å²) in [5, 5.41) is 28.3. The van der Waals surface area contributed by atoms with Crippen LogP contribution in [0.5, 0.6) is 0 Å². The zero-order valence-corrected chi connectivity index (χ0v) is 9.85. The van der Waals surface area contributed by atoms with Crippen LogP contribution in [0.3, 0.4) is 0 Å². The van der Waals surface area contributed by atoms with Crippen molar-refractivity contribution in [3.63, 3.8) is 0 Å². The number of nitrogen functional groups attached to an aromatic ring is 1. The van der Waals surface area contributed by atoms with Gasteiger partial charge in [0.2, 0.25) is 0 Å². The first-order valence-corrected chi connectivity index (χ1v) is 5.60. The second-order valence-corrected chi connectivity index (χ2v) is 4.33. The standard InChI is InChI=1S/C10H14N4O5/c11-8-5(2-12-9(17)13-8)7-6(16)1-4(3-15)14(7)10(18)19/h2,4,6-7,15-16H,1,3H2,(H,18,19)(H3,11,12,13,17)/t4-,6+,7+/m0/s1. The van der Waals surface area contributed by atoms with Crippen molar-refractivity contribution >= 4 is 11.9 Å². The van der Waals surface area contributed by atoms with Gasteiger partial charge in [0.15, 0.2) is 0 Å². The van der Waals surface area contributed by atoms with Gasteiger partial charge in [0.1, 0.15) is 5.82 Å². The molecule has 2 heterocycles. The van der Waals surface area contributed by atoms with Crippen molar-refractivity contribution in [3.05, 3.63) is 22.2 Å². The lowest BCUT2D eigenvalue weighted by atomic mass is 10.0. The smallest absolute Gasteiger partial charge is 0.408 e. The summed E-state index contributed by atoms with van der Waals surface area (Å²) in [6, 6.07) is -1.68. The third kappa shape index (κ3) is 2.25. The van der Waals surface area contributed by atoms with Crippen LogP contribution in [0.15, 0.2) is 11.0 Å². The number of aliphatic hydroxyl groups excluding tert-OH is 2. The van der Waals surface area contributed by atoms with Crippen molar-refractivity contribution < 1.29 is 20.1 Å². The number of nitrogens with zero attached hydrogens (tertiary/aromatic N) is 2. The number of carboxylic acid groups (broad SMARTS) is 1. The fraction of sp³-hybridized carbons (Fsp3) is 0.500. The molecule has 9 nitrogen and oxygen atoms in total. The van der Waals surface area contributed by atoms with Gasteiger partial charge < -0.3 is 21.1 Å². The van der Waals surface area contributed by atoms with E-state index >= 15 is 0 Å². The van der Waals surface area contributed by atoms with Crippen LogP contribution in [0.1, 0.15) is 18.0 Å². The van der Waals surface area contributed by atoms with Gasteiger partial charge in [-0.3, -0.25) is 9.88 Å². The number of nitrogens with two attached hydrogens (primary N) is 1. The van der Waals surface area contributed by atoms with Crippen LogP contribution in [-0.4, -0.2) is 55.0 Å². The van der Waals surface area contributed by atoms with Gasteiger partial charge in [-0.2, -0.15) is 0 Å². The summed E-state index contributed by atoms with van der Waals surface area (Å²) in [6.45, 7) is -0.406. The molecule has 0 aliphatic carbocycles. The SMILES string of the molecule is Nc1[nH]c(=O)ncc1[C@@H]1[C@H](O)C[C@@H](CO)N1C(=O)O. The molecule has 1 aliphatic rings. The van der Waals surface area contributed by atoms with E-state index in [0.29, 0.717) is 0 Å². The molecule has 6 N–H and O–H groups in total. The van der Waals surface area contributed by atoms with Gasteiger partial charge >= 0.3 is 11.8 Å². The van der Waals surface area contributed by atoms with E-state index in [4.69, 9.17) is 10.8 Å². The third-order valence-corrected chi connectivity index (χ3v) is 3.19. The topological polar surface area (TPSA) is 153 Å². The molecule has 0 unspecified atom stereocenters. The Morgan fingerprint density at radius 3 is 2.84 bits per heavy atom. The molecular weight excluding hydrogens is 256 g/mol. The number of aliphatic hydroxyl groups is 2. The van der Waals surface area contributed by atoms with E-state index in [1.54, 1.807) is 0 Å². The minimum Gasteiger partial charge on any atom is -0.465 e. The molecule has 1 amide bonds. The van der Waals surface area contributed by atoms with Crippen molar-refractivity contribution in [2.75, 3.05) is 12.3 Å². The molecule has 1 saturated heterocycles. The molecule has 104 valence electrons. The number of H-pyrrole nitrogens is 1. The fourth-order valence-corrected chi connectivity index (χ4v) is 2.38. The van der Waals surface area contributed by atoms with Crippen molar-refractivity contribution in [1.82, 2.24) is 14.9 Å². The molecule has 0 saturated carbocycles. The molecule has 0 radical (unpaired) electrons. The van der Waals surface area contributed by atoms with Crippen LogP contribution in [0.2, 0.25) is 0 Å². The maximum absolute atomic E-state index is 11.2. The summed E-state index contributed by atoms with van der Waals surface area (Å²) < 4.78 is 0. The maximum atomic E-state index is 11.2. The Bertz CT molecular complexity index is 545. The van der Waals surface area contributed by atoms with Gasteiger partial charge in [-0.05, 0) is 6.42 Å². The number of hydrogen-bond acceptors (Lipinski definition) is 6. The summed E-state index contributed by atoms with van der Waals surface area (Å²) in [4.78, 5) is 28.9. The number of amides is 1. The van der Waals surface area contributed by atoms with Gasteiger partial charge in [-0.25, -0.2) is 14.6 Å². The van der Waals surface area contributed by atoms with Crippen molar-refractivity contribution in [1.29, 1.82) is 0 Å². The first kappa shape index (κ1) is 13.3. The number of hydrogen-bond donors (Lipinski definition) is 5. The Hall–Kier alpha value is -2.13. The number of carbonyl (C=O) groups is 1. The van der Waals surface area contributed by atoms with Gasteiger partial charge in [0.05, 0.1) is 24.8 Å². The predicted molar refractivity (Wildman–Crippen MR) is 63.4 cm³/mol. The molecule has 1 aliphatic heterocycles. The number of rotatable bonds is 2. The first-order chi connectivity index (χ1) is 8.95. The van der Waals surface area contributed by atoms with E-state index in [-0.39, 0.29) is 17.8 Å². The van der Waals surface area contributed by atoms with Crippen LogP contribution in [0.4, 0.5) is 10.6 Å². The average molecular weight is 270 g/mol. The second kappa shape index (κ2) is 4.86. The van der Waals surface area contributed by atoms with Crippen molar-refractivity contribution in [3.8, 4) is 0 Å². The molecule has 1 fully saturated rings. The molecule has 3 atom stereocenters. The quantitative estimate of drug-likeness (QED) is 0.438. The highest BCUT2D eigenvalue weighted by molar-refractivity contribution is 5.67. The van der Waals surface area contributed by atoms with E-state index in [0.717, 1.165) is 11.1 Å². The molecule has 9 heteroatoms. The molecular formula is C10H14N4O5. The molecule has 0 bridgehead atoms. The monoisotopic (exact) mass is 270 g/mol. The van der Waals surface area contributed by atoms with E-state index < -0.39 is 36.6 Å². The Kier molecular flexibility index (Phi) is 3.40. The lowest BCUT2D eigenvalue weighted by molar-refractivity contribution is 0.0825. The number of aromatic nitrogens is 2. The Morgan fingerprint density at radius 2 is 2.32 bits per heavy atom.